The third kappa shape index (κ3) is 2.82. The van der Waals surface area contributed by atoms with Crippen LogP contribution < -0.4 is 0 Å². The monoisotopic (exact) mass is 301 g/mol. The summed E-state index contributed by atoms with van der Waals surface area (Å²) in [6, 6.07) is 13.5. The first-order valence-electron chi connectivity index (χ1n) is 6.70. The molecule has 0 aliphatic heterocycles. The molecule has 0 bridgehead atoms. The van der Waals surface area contributed by atoms with Crippen LogP contribution in [0, 0.1) is 10.1 Å². The molecular weight excluding hydrogens is 286 g/mol. The maximum Gasteiger partial charge on any atom is 0.347 e. The van der Waals surface area contributed by atoms with Crippen LogP contribution in [0.5, 0.6) is 0 Å². The van der Waals surface area contributed by atoms with Crippen molar-refractivity contribution in [2.24, 2.45) is 0 Å². The number of esters is 1. The molecule has 0 saturated heterocycles. The third-order valence-electron chi connectivity index (χ3n) is 3.26. The summed E-state index contributed by atoms with van der Waals surface area (Å²) in [7, 11) is 0. The summed E-state index contributed by atoms with van der Waals surface area (Å²) in [6.07, 6.45) is 0. The highest BCUT2D eigenvalue weighted by atomic mass is 16.6. The zero-order valence-corrected chi connectivity index (χ0v) is 11.9. The minimum absolute atomic E-state index is 0.112. The highest BCUT2D eigenvalue weighted by Gasteiger charge is 2.41. The normalized spacial score (nSPS) is 13.2. The van der Waals surface area contributed by atoms with E-state index in [0.717, 1.165) is 0 Å². The molecule has 6 nitrogen and oxygen atoms in total. The Morgan fingerprint density at radius 2 is 1.68 bits per heavy atom. The number of benzene rings is 2. The number of nitro benzene ring substituents is 1. The summed E-state index contributed by atoms with van der Waals surface area (Å²) in [6.45, 7) is 1.75. The predicted molar refractivity (Wildman–Crippen MR) is 79.2 cm³/mol. The van der Waals surface area contributed by atoms with E-state index in [4.69, 9.17) is 4.74 Å². The van der Waals surface area contributed by atoms with E-state index in [1.54, 1.807) is 37.3 Å². The number of rotatable bonds is 5. The Labute approximate surface area is 127 Å². The van der Waals surface area contributed by atoms with Gasteiger partial charge < -0.3 is 9.84 Å². The quantitative estimate of drug-likeness (QED) is 0.520. The number of aliphatic hydroxyl groups is 1. The van der Waals surface area contributed by atoms with E-state index >= 15 is 0 Å². The molecule has 2 aromatic carbocycles. The van der Waals surface area contributed by atoms with E-state index in [9.17, 15) is 20.0 Å². The fourth-order valence-corrected chi connectivity index (χ4v) is 2.14. The van der Waals surface area contributed by atoms with Crippen LogP contribution in [0.3, 0.4) is 0 Å². The highest BCUT2D eigenvalue weighted by Crippen LogP contribution is 2.32. The number of carbonyl (C=O) groups excluding carboxylic acids is 1. The second kappa shape index (κ2) is 6.36. The second-order valence-electron chi connectivity index (χ2n) is 4.60. The van der Waals surface area contributed by atoms with E-state index < -0.39 is 16.5 Å². The van der Waals surface area contributed by atoms with Crippen molar-refractivity contribution in [3.05, 3.63) is 75.8 Å². The fourth-order valence-electron chi connectivity index (χ4n) is 2.14. The van der Waals surface area contributed by atoms with Gasteiger partial charge in [-0.05, 0) is 30.2 Å². The van der Waals surface area contributed by atoms with Crippen molar-refractivity contribution >= 4 is 11.7 Å². The molecule has 2 aromatic rings. The van der Waals surface area contributed by atoms with E-state index in [0.29, 0.717) is 5.56 Å². The molecule has 0 spiro atoms. The van der Waals surface area contributed by atoms with E-state index in [2.05, 4.69) is 0 Å². The first-order chi connectivity index (χ1) is 10.5. The van der Waals surface area contributed by atoms with Gasteiger partial charge in [0.05, 0.1) is 11.5 Å². The molecule has 2 rings (SSSR count). The Balaban J connectivity index is 2.53. The summed E-state index contributed by atoms with van der Waals surface area (Å²) in [4.78, 5) is 22.5. The first kappa shape index (κ1) is 15.7. The Kier molecular flexibility index (Phi) is 4.53. The van der Waals surface area contributed by atoms with E-state index in [-0.39, 0.29) is 17.9 Å². The van der Waals surface area contributed by atoms with Gasteiger partial charge in [0.1, 0.15) is 0 Å². The molecule has 114 valence electrons. The van der Waals surface area contributed by atoms with Crippen LogP contribution in [0.15, 0.2) is 54.6 Å². The van der Waals surface area contributed by atoms with Crippen molar-refractivity contribution in [2.45, 2.75) is 12.5 Å². The smallest absolute Gasteiger partial charge is 0.347 e. The van der Waals surface area contributed by atoms with Crippen LogP contribution in [-0.2, 0) is 15.1 Å². The highest BCUT2D eigenvalue weighted by molar-refractivity contribution is 5.85. The number of non-ortho nitro benzene ring substituents is 1. The number of ether oxygens (including phenoxy) is 1. The standard InChI is InChI=1S/C16H15NO5/c1-2-22-15(18)16(19,12-6-4-3-5-7-12)13-8-10-14(11-9-13)17(20)21/h3-11,19H,2H2,1H3/t16-/m0/s1. The molecule has 0 amide bonds. The number of hydrogen-bond donors (Lipinski definition) is 1. The molecule has 0 aliphatic rings. The molecule has 0 fully saturated rings. The van der Waals surface area contributed by atoms with Crippen molar-refractivity contribution in [3.8, 4) is 0 Å². The zero-order valence-electron chi connectivity index (χ0n) is 11.9. The van der Waals surface area contributed by atoms with Crippen molar-refractivity contribution in [3.63, 3.8) is 0 Å². The van der Waals surface area contributed by atoms with Gasteiger partial charge >= 0.3 is 5.97 Å². The summed E-state index contributed by atoms with van der Waals surface area (Å²) in [5.41, 5.74) is -1.58. The Bertz CT molecular complexity index is 669. The number of hydrogen-bond acceptors (Lipinski definition) is 5. The molecule has 0 saturated carbocycles. The molecule has 0 radical (unpaired) electrons. The molecule has 1 atom stereocenters. The van der Waals surface area contributed by atoms with E-state index in [1.165, 1.54) is 24.3 Å². The van der Waals surface area contributed by atoms with Crippen molar-refractivity contribution in [2.75, 3.05) is 6.61 Å². The molecule has 0 heterocycles. The zero-order chi connectivity index (χ0) is 16.2. The van der Waals surface area contributed by atoms with Gasteiger partial charge in [0.2, 0.25) is 5.60 Å². The number of nitro groups is 1. The maximum absolute atomic E-state index is 12.3. The lowest BCUT2D eigenvalue weighted by Gasteiger charge is -2.26. The first-order valence-corrected chi connectivity index (χ1v) is 6.70. The topological polar surface area (TPSA) is 89.7 Å². The average Bonchev–Trinajstić information content (AvgIpc) is 2.55. The van der Waals surface area contributed by atoms with Crippen molar-refractivity contribution in [1.29, 1.82) is 0 Å². The van der Waals surface area contributed by atoms with Gasteiger partial charge in [0, 0.05) is 12.1 Å². The van der Waals surface area contributed by atoms with Gasteiger partial charge in [-0.1, -0.05) is 30.3 Å². The molecule has 1 N–H and O–H groups in total. The lowest BCUT2D eigenvalue weighted by atomic mass is 9.86. The lowest BCUT2D eigenvalue weighted by Crippen LogP contribution is -2.38. The third-order valence-corrected chi connectivity index (χ3v) is 3.26. The Hall–Kier alpha value is -2.73. The molecular formula is C16H15NO5. The average molecular weight is 301 g/mol. The second-order valence-corrected chi connectivity index (χ2v) is 4.60. The van der Waals surface area contributed by atoms with Crippen LogP contribution >= 0.6 is 0 Å². The SMILES string of the molecule is CCOC(=O)[C@](O)(c1ccccc1)c1ccc([N+](=O)[O-])cc1. The van der Waals surface area contributed by atoms with Crippen LogP contribution in [0.25, 0.3) is 0 Å². The van der Waals surface area contributed by atoms with Crippen LogP contribution in [-0.4, -0.2) is 22.6 Å². The van der Waals surface area contributed by atoms with E-state index in [1.807, 2.05) is 0 Å². The van der Waals surface area contributed by atoms with Crippen LogP contribution in [0.4, 0.5) is 5.69 Å². The molecule has 0 aliphatic carbocycles. The molecule has 0 unspecified atom stereocenters. The Morgan fingerprint density at radius 3 is 2.18 bits per heavy atom. The largest absolute Gasteiger partial charge is 0.463 e. The summed E-state index contributed by atoms with van der Waals surface area (Å²) >= 11 is 0. The predicted octanol–water partition coefficient (Wildman–Crippen LogP) is 2.39. The lowest BCUT2D eigenvalue weighted by molar-refractivity contribution is -0.384. The van der Waals surface area contributed by atoms with Gasteiger partial charge in [0.15, 0.2) is 0 Å². The maximum atomic E-state index is 12.3. The number of nitrogens with zero attached hydrogens (tertiary/aromatic N) is 1. The Morgan fingerprint density at radius 1 is 1.14 bits per heavy atom. The molecule has 0 aromatic heterocycles. The minimum atomic E-state index is -2.01. The van der Waals surface area contributed by atoms with Crippen molar-refractivity contribution < 1.29 is 19.6 Å². The van der Waals surface area contributed by atoms with Gasteiger partial charge in [-0.3, -0.25) is 10.1 Å². The minimum Gasteiger partial charge on any atom is -0.463 e. The van der Waals surface area contributed by atoms with Gasteiger partial charge in [-0.25, -0.2) is 4.79 Å². The molecule has 6 heteroatoms. The fraction of sp³-hybridized carbons (Fsp3) is 0.188. The van der Waals surface area contributed by atoms with Crippen LogP contribution in [0.1, 0.15) is 18.1 Å². The van der Waals surface area contributed by atoms with Gasteiger partial charge in [-0.15, -0.1) is 0 Å². The van der Waals surface area contributed by atoms with Gasteiger partial charge in [0.25, 0.3) is 5.69 Å². The summed E-state index contributed by atoms with van der Waals surface area (Å²) < 4.78 is 4.97. The van der Waals surface area contributed by atoms with Crippen molar-refractivity contribution in [1.82, 2.24) is 0 Å². The summed E-state index contributed by atoms with van der Waals surface area (Å²) in [5, 5.41) is 21.7. The van der Waals surface area contributed by atoms with Gasteiger partial charge in [-0.2, -0.15) is 0 Å². The van der Waals surface area contributed by atoms with Crippen LogP contribution in [0.2, 0.25) is 0 Å². The number of carbonyl (C=O) groups is 1. The summed E-state index contributed by atoms with van der Waals surface area (Å²) in [5.74, 6) is -0.824. The molecule has 22 heavy (non-hydrogen) atoms.